The summed E-state index contributed by atoms with van der Waals surface area (Å²) in [6, 6.07) is 3.53. The summed E-state index contributed by atoms with van der Waals surface area (Å²) in [4.78, 5) is 11.1. The van der Waals surface area contributed by atoms with Crippen molar-refractivity contribution >= 4 is 11.7 Å². The molecule has 0 amide bonds. The zero-order valence-corrected chi connectivity index (χ0v) is 11.6. The molecule has 0 bridgehead atoms. The van der Waals surface area contributed by atoms with Crippen LogP contribution >= 0.6 is 0 Å². The maximum atomic E-state index is 12.8. The third kappa shape index (κ3) is 6.94. The Balaban J connectivity index is 2.90. The minimum atomic E-state index is -4.91. The molecule has 0 spiro atoms. The van der Waals surface area contributed by atoms with Crippen LogP contribution in [0.2, 0.25) is 0 Å². The first-order valence-electron chi connectivity index (χ1n) is 6.09. The highest BCUT2D eigenvalue weighted by atomic mass is 19.4. The SMILES string of the molecule is CCOC(=O)/C=C(/Nc1ccc(OC(F)(F)F)cc1)C(F)(F)F. The number of ether oxygens (including phenoxy) is 2. The topological polar surface area (TPSA) is 47.6 Å². The molecule has 1 N–H and O–H groups in total. The number of hydrogen-bond donors (Lipinski definition) is 1. The van der Waals surface area contributed by atoms with Crippen molar-refractivity contribution in [2.24, 2.45) is 0 Å². The van der Waals surface area contributed by atoms with Crippen LogP contribution in [0.4, 0.5) is 32.0 Å². The molecular formula is C13H11F6NO3. The van der Waals surface area contributed by atoms with Gasteiger partial charge in [0.25, 0.3) is 0 Å². The largest absolute Gasteiger partial charge is 0.573 e. The Labute approximate surface area is 126 Å². The molecule has 0 aliphatic carbocycles. The van der Waals surface area contributed by atoms with Gasteiger partial charge < -0.3 is 14.8 Å². The maximum Gasteiger partial charge on any atom is 0.573 e. The third-order valence-electron chi connectivity index (χ3n) is 2.22. The van der Waals surface area contributed by atoms with Crippen LogP contribution in [0.3, 0.4) is 0 Å². The van der Waals surface area contributed by atoms with Gasteiger partial charge in [0.1, 0.15) is 11.4 Å². The number of halogens is 6. The molecule has 0 radical (unpaired) electrons. The smallest absolute Gasteiger partial charge is 0.463 e. The number of esters is 1. The number of alkyl halides is 6. The summed E-state index contributed by atoms with van der Waals surface area (Å²) in [6.07, 6.45) is -9.58. The maximum absolute atomic E-state index is 12.8. The van der Waals surface area contributed by atoms with Crippen LogP contribution in [-0.2, 0) is 9.53 Å². The van der Waals surface area contributed by atoms with Crippen LogP contribution in [0.15, 0.2) is 36.0 Å². The molecule has 0 saturated heterocycles. The number of hydrogen-bond acceptors (Lipinski definition) is 4. The number of benzene rings is 1. The van der Waals surface area contributed by atoms with Crippen molar-refractivity contribution in [1.82, 2.24) is 0 Å². The van der Waals surface area contributed by atoms with Crippen molar-refractivity contribution in [2.75, 3.05) is 11.9 Å². The summed E-state index contributed by atoms with van der Waals surface area (Å²) >= 11 is 0. The lowest BCUT2D eigenvalue weighted by Gasteiger charge is -2.15. The van der Waals surface area contributed by atoms with Crippen molar-refractivity contribution in [3.05, 3.63) is 36.0 Å². The predicted molar refractivity (Wildman–Crippen MR) is 67.5 cm³/mol. The lowest BCUT2D eigenvalue weighted by molar-refractivity contribution is -0.274. The number of allylic oxidation sites excluding steroid dienone is 1. The van der Waals surface area contributed by atoms with E-state index in [1.165, 1.54) is 6.92 Å². The van der Waals surface area contributed by atoms with Gasteiger partial charge in [0.05, 0.1) is 12.7 Å². The van der Waals surface area contributed by atoms with E-state index in [1.54, 1.807) is 0 Å². The standard InChI is InChI=1S/C13H11F6NO3/c1-2-22-11(21)7-10(12(14,15)16)20-8-3-5-9(6-4-8)23-13(17,18)19/h3-7,20H,2H2,1H3/b10-7+. The van der Waals surface area contributed by atoms with Gasteiger partial charge in [-0.3, -0.25) is 0 Å². The first-order valence-corrected chi connectivity index (χ1v) is 6.09. The van der Waals surface area contributed by atoms with Gasteiger partial charge in [-0.15, -0.1) is 13.2 Å². The zero-order valence-electron chi connectivity index (χ0n) is 11.6. The Hall–Kier alpha value is -2.39. The molecule has 1 aromatic rings. The van der Waals surface area contributed by atoms with Gasteiger partial charge in [-0.25, -0.2) is 4.79 Å². The molecule has 0 saturated carbocycles. The summed E-state index contributed by atoms with van der Waals surface area (Å²) in [5, 5.41) is 1.90. The molecule has 1 aromatic carbocycles. The minimum absolute atomic E-state index is 0.107. The summed E-state index contributed by atoms with van der Waals surface area (Å²) < 4.78 is 82.3. The molecule has 10 heteroatoms. The van der Waals surface area contributed by atoms with E-state index >= 15 is 0 Å². The minimum Gasteiger partial charge on any atom is -0.463 e. The highest BCUT2D eigenvalue weighted by Crippen LogP contribution is 2.29. The number of anilines is 1. The second-order valence-corrected chi connectivity index (χ2v) is 4.01. The normalized spacial score (nSPS) is 12.7. The van der Waals surface area contributed by atoms with Crippen molar-refractivity contribution in [1.29, 1.82) is 0 Å². The Kier molecular flexibility index (Phi) is 5.88. The summed E-state index contributed by atoms with van der Waals surface area (Å²) in [6.45, 7) is 1.32. The molecule has 1 rings (SSSR count). The van der Waals surface area contributed by atoms with Gasteiger partial charge in [-0.05, 0) is 31.2 Å². The lowest BCUT2D eigenvalue weighted by Crippen LogP contribution is -2.21. The average Bonchev–Trinajstić information content (AvgIpc) is 2.37. The van der Waals surface area contributed by atoms with E-state index in [1.807, 2.05) is 5.32 Å². The molecule has 128 valence electrons. The zero-order chi connectivity index (χ0) is 17.7. The van der Waals surface area contributed by atoms with E-state index in [9.17, 15) is 31.1 Å². The summed E-state index contributed by atoms with van der Waals surface area (Å²) in [5.74, 6) is -1.80. The molecular weight excluding hydrogens is 332 g/mol. The molecule has 0 fully saturated rings. The van der Waals surface area contributed by atoms with Crippen LogP contribution in [0.1, 0.15) is 6.92 Å². The highest BCUT2D eigenvalue weighted by molar-refractivity contribution is 5.83. The Bertz CT molecular complexity index is 563. The third-order valence-corrected chi connectivity index (χ3v) is 2.22. The van der Waals surface area contributed by atoms with E-state index in [2.05, 4.69) is 9.47 Å². The Morgan fingerprint density at radius 2 is 1.70 bits per heavy atom. The predicted octanol–water partition coefficient (Wildman–Crippen LogP) is 4.01. The Morgan fingerprint density at radius 1 is 1.13 bits per heavy atom. The first-order chi connectivity index (χ1) is 10.5. The van der Waals surface area contributed by atoms with Crippen molar-refractivity contribution < 1.29 is 40.6 Å². The quantitative estimate of drug-likeness (QED) is 0.499. The number of rotatable bonds is 5. The fourth-order valence-electron chi connectivity index (χ4n) is 1.39. The van der Waals surface area contributed by atoms with Crippen molar-refractivity contribution in [3.8, 4) is 5.75 Å². The monoisotopic (exact) mass is 343 g/mol. The molecule has 0 aromatic heterocycles. The molecule has 0 unspecified atom stereocenters. The highest BCUT2D eigenvalue weighted by Gasteiger charge is 2.35. The molecule has 0 atom stereocenters. The van der Waals surface area contributed by atoms with E-state index in [0.717, 1.165) is 24.3 Å². The van der Waals surface area contributed by atoms with E-state index in [0.29, 0.717) is 0 Å². The van der Waals surface area contributed by atoms with Crippen molar-refractivity contribution in [2.45, 2.75) is 19.5 Å². The van der Waals surface area contributed by atoms with Gasteiger partial charge >= 0.3 is 18.5 Å². The van der Waals surface area contributed by atoms with Gasteiger partial charge in [0, 0.05) is 5.69 Å². The molecule has 0 aliphatic rings. The van der Waals surface area contributed by atoms with E-state index < -0.39 is 30.0 Å². The van der Waals surface area contributed by atoms with Gasteiger partial charge in [0.15, 0.2) is 0 Å². The molecule has 4 nitrogen and oxygen atoms in total. The fourth-order valence-corrected chi connectivity index (χ4v) is 1.39. The second-order valence-electron chi connectivity index (χ2n) is 4.01. The van der Waals surface area contributed by atoms with E-state index in [4.69, 9.17) is 0 Å². The van der Waals surface area contributed by atoms with Gasteiger partial charge in [0.2, 0.25) is 0 Å². The molecule has 23 heavy (non-hydrogen) atoms. The van der Waals surface area contributed by atoms with Crippen LogP contribution in [0, 0.1) is 0 Å². The Morgan fingerprint density at radius 3 is 2.13 bits per heavy atom. The fraction of sp³-hybridized carbons (Fsp3) is 0.308. The number of carbonyl (C=O) groups is 1. The van der Waals surface area contributed by atoms with Crippen LogP contribution in [-0.4, -0.2) is 25.1 Å². The lowest BCUT2D eigenvalue weighted by atomic mass is 10.2. The average molecular weight is 343 g/mol. The molecule has 0 aliphatic heterocycles. The van der Waals surface area contributed by atoms with Crippen LogP contribution in [0.5, 0.6) is 5.75 Å². The van der Waals surface area contributed by atoms with Crippen LogP contribution in [0.25, 0.3) is 0 Å². The number of nitrogens with one attached hydrogen (secondary N) is 1. The molecule has 0 heterocycles. The number of carbonyl (C=O) groups excluding carboxylic acids is 1. The van der Waals surface area contributed by atoms with Crippen LogP contribution < -0.4 is 10.1 Å². The summed E-state index contributed by atoms with van der Waals surface area (Å²) in [7, 11) is 0. The van der Waals surface area contributed by atoms with Gasteiger partial charge in [-0.2, -0.15) is 13.2 Å². The summed E-state index contributed by atoms with van der Waals surface area (Å²) in [5.41, 5.74) is -1.60. The van der Waals surface area contributed by atoms with Gasteiger partial charge in [-0.1, -0.05) is 0 Å². The van der Waals surface area contributed by atoms with Crippen molar-refractivity contribution in [3.63, 3.8) is 0 Å². The second kappa shape index (κ2) is 7.25. The first kappa shape index (κ1) is 18.7. The van der Waals surface area contributed by atoms with E-state index in [-0.39, 0.29) is 18.4 Å².